The van der Waals surface area contributed by atoms with E-state index in [0.29, 0.717) is 23.9 Å². The minimum Gasteiger partial charge on any atom is -0.506 e. The third-order valence-electron chi connectivity index (χ3n) is 6.99. The molecule has 1 saturated heterocycles. The summed E-state index contributed by atoms with van der Waals surface area (Å²) in [4.78, 5) is 29.6. The van der Waals surface area contributed by atoms with Gasteiger partial charge in [-0.1, -0.05) is 47.5 Å². The molecule has 0 aromatic heterocycles. The number of nitrogens with one attached hydrogen (secondary N) is 1. The van der Waals surface area contributed by atoms with Crippen LogP contribution in [0.1, 0.15) is 22.8 Å². The molecule has 2 N–H and O–H groups in total. The summed E-state index contributed by atoms with van der Waals surface area (Å²) in [5, 5.41) is 16.1. The Bertz CT molecular complexity index is 1610. The van der Waals surface area contributed by atoms with Gasteiger partial charge in [-0.25, -0.2) is 5.43 Å². The van der Waals surface area contributed by atoms with Crippen molar-refractivity contribution in [3.05, 3.63) is 100 Å². The molecule has 0 bridgehead atoms. The summed E-state index contributed by atoms with van der Waals surface area (Å²) in [6.45, 7) is 3.96. The second-order valence-electron chi connectivity index (χ2n) is 9.71. The summed E-state index contributed by atoms with van der Waals surface area (Å²) in [7, 11) is 0. The Morgan fingerprint density at radius 3 is 2.51 bits per heavy atom. The van der Waals surface area contributed by atoms with E-state index in [-0.39, 0.29) is 34.9 Å². The van der Waals surface area contributed by atoms with Crippen LogP contribution in [0, 0.1) is 0 Å². The molecule has 0 aliphatic carbocycles. The number of fused-ring (bicyclic) bond motifs is 1. The summed E-state index contributed by atoms with van der Waals surface area (Å²) in [6.07, 6.45) is 1.54. The Hall–Kier alpha value is -4.27. The van der Waals surface area contributed by atoms with Crippen LogP contribution >= 0.6 is 23.2 Å². The normalized spacial score (nSPS) is 15.3. The lowest BCUT2D eigenvalue weighted by Gasteiger charge is -2.41. The van der Waals surface area contributed by atoms with Crippen molar-refractivity contribution in [1.82, 2.24) is 10.3 Å². The molecule has 1 atom stereocenters. The van der Waals surface area contributed by atoms with Gasteiger partial charge in [0.15, 0.2) is 6.61 Å². The van der Waals surface area contributed by atoms with Gasteiger partial charge in [-0.05, 0) is 66.9 Å². The Morgan fingerprint density at radius 2 is 1.78 bits per heavy atom. The lowest BCUT2D eigenvalue weighted by Crippen LogP contribution is -2.54. The minimum atomic E-state index is -0.464. The van der Waals surface area contributed by atoms with Gasteiger partial charge in [-0.2, -0.15) is 5.10 Å². The third-order valence-corrected chi connectivity index (χ3v) is 7.54. The number of rotatable bonds is 7. The van der Waals surface area contributed by atoms with E-state index in [1.54, 1.807) is 12.3 Å². The molecule has 10 heteroatoms. The van der Waals surface area contributed by atoms with Crippen molar-refractivity contribution < 1.29 is 19.4 Å². The monoisotopic (exact) mass is 590 g/mol. The number of phenolic OH excluding ortho intramolecular Hbond substituents is 1. The summed E-state index contributed by atoms with van der Waals surface area (Å²) in [5.74, 6) is -0.0520. The van der Waals surface area contributed by atoms with Crippen LogP contribution in [0.15, 0.2) is 84.0 Å². The number of benzene rings is 4. The Balaban J connectivity index is 1.21. The van der Waals surface area contributed by atoms with Gasteiger partial charge in [0.2, 0.25) is 0 Å². The molecule has 1 fully saturated rings. The van der Waals surface area contributed by atoms with Crippen molar-refractivity contribution in [2.24, 2.45) is 5.10 Å². The number of hydrogen-bond donors (Lipinski definition) is 2. The fraction of sp³-hybridized carbons (Fsp3) is 0.194. The van der Waals surface area contributed by atoms with Crippen molar-refractivity contribution in [1.29, 1.82) is 0 Å². The van der Waals surface area contributed by atoms with Gasteiger partial charge in [0.25, 0.3) is 11.8 Å². The number of ether oxygens (including phenoxy) is 1. The fourth-order valence-corrected chi connectivity index (χ4v) is 5.14. The van der Waals surface area contributed by atoms with Crippen LogP contribution in [0.25, 0.3) is 10.8 Å². The van der Waals surface area contributed by atoms with Gasteiger partial charge >= 0.3 is 0 Å². The third kappa shape index (κ3) is 6.56. The highest BCUT2D eigenvalue weighted by Crippen LogP contribution is 2.29. The molecule has 1 heterocycles. The van der Waals surface area contributed by atoms with Gasteiger partial charge in [-0.15, -0.1) is 0 Å². The van der Waals surface area contributed by atoms with Crippen LogP contribution in [0.2, 0.25) is 10.0 Å². The van der Waals surface area contributed by atoms with Crippen LogP contribution in [0.5, 0.6) is 11.5 Å². The van der Waals surface area contributed by atoms with E-state index >= 15 is 0 Å². The quantitative estimate of drug-likeness (QED) is 0.212. The first-order chi connectivity index (χ1) is 19.8. The van der Waals surface area contributed by atoms with E-state index in [1.807, 2.05) is 59.5 Å². The second kappa shape index (κ2) is 12.5. The van der Waals surface area contributed by atoms with Crippen molar-refractivity contribution in [2.75, 3.05) is 31.1 Å². The predicted molar refractivity (Wildman–Crippen MR) is 162 cm³/mol. The van der Waals surface area contributed by atoms with Gasteiger partial charge < -0.3 is 19.6 Å². The first kappa shape index (κ1) is 28.3. The summed E-state index contributed by atoms with van der Waals surface area (Å²) < 4.78 is 6.00. The topological polar surface area (TPSA) is 94.5 Å². The number of phenols is 1. The minimum absolute atomic E-state index is 0.0700. The Labute approximate surface area is 247 Å². The number of halogens is 2. The molecule has 1 unspecified atom stereocenters. The number of piperazine rings is 1. The summed E-state index contributed by atoms with van der Waals surface area (Å²) >= 11 is 11.9. The smallest absolute Gasteiger partial charge is 0.271 e. The number of hydrogen-bond acceptors (Lipinski definition) is 6. The summed E-state index contributed by atoms with van der Waals surface area (Å²) in [5.41, 5.74) is 4.58. The van der Waals surface area contributed by atoms with Crippen molar-refractivity contribution in [3.8, 4) is 11.5 Å². The van der Waals surface area contributed by atoms with E-state index in [4.69, 9.17) is 27.9 Å². The first-order valence-electron chi connectivity index (χ1n) is 13.1. The molecular weight excluding hydrogens is 563 g/mol. The largest absolute Gasteiger partial charge is 0.506 e. The van der Waals surface area contributed by atoms with E-state index in [2.05, 4.69) is 22.4 Å². The second-order valence-corrected chi connectivity index (χ2v) is 10.6. The zero-order chi connectivity index (χ0) is 28.9. The molecule has 41 heavy (non-hydrogen) atoms. The molecule has 4 aromatic carbocycles. The highest BCUT2D eigenvalue weighted by Gasteiger charge is 2.27. The predicted octanol–water partition coefficient (Wildman–Crippen LogP) is 5.73. The maximum absolute atomic E-state index is 13.1. The van der Waals surface area contributed by atoms with E-state index in [0.717, 1.165) is 28.6 Å². The average Bonchev–Trinajstić information content (AvgIpc) is 2.98. The van der Waals surface area contributed by atoms with Crippen LogP contribution in [0.3, 0.4) is 0 Å². The Kier molecular flexibility index (Phi) is 8.61. The molecule has 0 saturated carbocycles. The first-order valence-corrected chi connectivity index (χ1v) is 13.8. The van der Waals surface area contributed by atoms with Gasteiger partial charge in [0.1, 0.15) is 11.5 Å². The average molecular weight is 591 g/mol. The zero-order valence-corrected chi connectivity index (χ0v) is 23.8. The molecule has 2 amide bonds. The number of carbonyl (C=O) groups is 2. The number of carbonyl (C=O) groups excluding carboxylic acids is 2. The molecular formula is C31H28Cl2N4O4. The number of hydrazone groups is 1. The lowest BCUT2D eigenvalue weighted by molar-refractivity contribution is -0.134. The van der Waals surface area contributed by atoms with Gasteiger partial charge in [-0.3, -0.25) is 9.59 Å². The SMILES string of the molecule is CC1CN(C(=O)COc2ccc(C=NNC(=O)c3ccc(O)c(Cl)c3)c3ccccc23)CCN1c1ccc(Cl)cc1. The zero-order valence-electron chi connectivity index (χ0n) is 22.3. The van der Waals surface area contributed by atoms with E-state index < -0.39 is 5.91 Å². The molecule has 0 radical (unpaired) electrons. The van der Waals surface area contributed by atoms with Crippen LogP contribution < -0.4 is 15.1 Å². The lowest BCUT2D eigenvalue weighted by atomic mass is 10.0. The number of aromatic hydroxyl groups is 1. The number of nitrogens with zero attached hydrogens (tertiary/aromatic N) is 3. The molecule has 0 spiro atoms. The maximum atomic E-state index is 13.1. The van der Waals surface area contributed by atoms with Gasteiger partial charge in [0, 0.05) is 52.9 Å². The highest BCUT2D eigenvalue weighted by atomic mass is 35.5. The van der Waals surface area contributed by atoms with Crippen LogP contribution in [-0.4, -0.2) is 60.3 Å². The maximum Gasteiger partial charge on any atom is 0.271 e. The fourth-order valence-electron chi connectivity index (χ4n) is 4.84. The standard InChI is InChI=1S/C31H28Cl2N4O4/c1-20-18-36(14-15-37(20)24-10-8-23(32)9-11-24)30(39)19-41-29-13-7-22(25-4-2-3-5-26(25)29)17-34-35-31(40)21-6-12-28(38)27(33)16-21/h2-13,16-17,20,38H,14-15,18-19H2,1H3,(H,35,40). The van der Waals surface area contributed by atoms with Gasteiger partial charge in [0.05, 0.1) is 11.2 Å². The molecule has 8 nitrogen and oxygen atoms in total. The van der Waals surface area contributed by atoms with Crippen molar-refractivity contribution >= 4 is 57.7 Å². The Morgan fingerprint density at radius 1 is 1.02 bits per heavy atom. The molecule has 1 aliphatic rings. The molecule has 5 rings (SSSR count). The van der Waals surface area contributed by atoms with Crippen molar-refractivity contribution in [2.45, 2.75) is 13.0 Å². The van der Waals surface area contributed by atoms with E-state index in [9.17, 15) is 14.7 Å². The number of amides is 2. The van der Waals surface area contributed by atoms with Crippen LogP contribution in [-0.2, 0) is 4.79 Å². The van der Waals surface area contributed by atoms with E-state index in [1.165, 1.54) is 18.2 Å². The molecule has 4 aromatic rings. The highest BCUT2D eigenvalue weighted by molar-refractivity contribution is 6.32. The van der Waals surface area contributed by atoms with Crippen LogP contribution in [0.4, 0.5) is 5.69 Å². The molecule has 210 valence electrons. The number of anilines is 1. The molecule has 1 aliphatic heterocycles. The van der Waals surface area contributed by atoms with Crippen molar-refractivity contribution in [3.63, 3.8) is 0 Å². The summed E-state index contributed by atoms with van der Waals surface area (Å²) in [6, 6.07) is 23.3.